The molecule has 0 atom stereocenters. The van der Waals surface area contributed by atoms with Crippen molar-refractivity contribution in [3.63, 3.8) is 0 Å². The van der Waals surface area contributed by atoms with Gasteiger partial charge in [0.25, 0.3) is 0 Å². The van der Waals surface area contributed by atoms with E-state index in [1.165, 1.54) is 6.42 Å². The maximum Gasteiger partial charge on any atom is 0.231 e. The van der Waals surface area contributed by atoms with Crippen LogP contribution in [0.4, 0.5) is 0 Å². The summed E-state index contributed by atoms with van der Waals surface area (Å²) >= 11 is 3.07. The molecule has 1 aliphatic carbocycles. The van der Waals surface area contributed by atoms with Crippen LogP contribution < -0.4 is 5.32 Å². The zero-order chi connectivity index (χ0) is 9.73. The molecule has 0 aromatic carbocycles. The summed E-state index contributed by atoms with van der Waals surface area (Å²) in [4.78, 5) is 11.1. The standard InChI is InChI=1S/C9H13BrN2O/c10-6-8(13)12-9(7-11)4-2-1-3-5-9/h1-6H2,(H,12,13). The average molecular weight is 245 g/mol. The number of hydrogen-bond acceptors (Lipinski definition) is 2. The molecule has 0 heterocycles. The van der Waals surface area contributed by atoms with Crippen molar-refractivity contribution in [3.05, 3.63) is 0 Å². The molecular formula is C9H13BrN2O. The number of hydrogen-bond donors (Lipinski definition) is 1. The highest BCUT2D eigenvalue weighted by atomic mass is 79.9. The molecule has 1 amide bonds. The van der Waals surface area contributed by atoms with Gasteiger partial charge in [0.2, 0.25) is 5.91 Å². The van der Waals surface area contributed by atoms with Crippen LogP contribution in [0.2, 0.25) is 0 Å². The number of rotatable bonds is 2. The van der Waals surface area contributed by atoms with E-state index in [9.17, 15) is 4.79 Å². The second kappa shape index (κ2) is 4.61. The third-order valence-corrected chi connectivity index (χ3v) is 2.93. The van der Waals surface area contributed by atoms with Gasteiger partial charge in [-0.1, -0.05) is 35.2 Å². The maximum absolute atomic E-state index is 11.1. The van der Waals surface area contributed by atoms with E-state index in [2.05, 4.69) is 27.3 Å². The number of nitriles is 1. The van der Waals surface area contributed by atoms with Crippen LogP contribution >= 0.6 is 15.9 Å². The summed E-state index contributed by atoms with van der Waals surface area (Å²) < 4.78 is 0. The van der Waals surface area contributed by atoms with Gasteiger partial charge in [-0.25, -0.2) is 0 Å². The Labute approximate surface area is 86.6 Å². The Hall–Kier alpha value is -0.560. The summed E-state index contributed by atoms with van der Waals surface area (Å²) in [6.07, 6.45) is 4.84. The Morgan fingerprint density at radius 3 is 2.54 bits per heavy atom. The van der Waals surface area contributed by atoms with E-state index in [0.29, 0.717) is 0 Å². The predicted molar refractivity (Wildman–Crippen MR) is 53.4 cm³/mol. The summed E-state index contributed by atoms with van der Waals surface area (Å²) in [5, 5.41) is 12.1. The van der Waals surface area contributed by atoms with Crippen molar-refractivity contribution in [1.29, 1.82) is 5.26 Å². The Bertz CT molecular complexity index is 228. The van der Waals surface area contributed by atoms with Crippen molar-refractivity contribution in [2.75, 3.05) is 5.33 Å². The number of amides is 1. The smallest absolute Gasteiger partial charge is 0.231 e. The van der Waals surface area contributed by atoms with Gasteiger partial charge in [0.15, 0.2) is 0 Å². The van der Waals surface area contributed by atoms with Crippen molar-refractivity contribution in [2.45, 2.75) is 37.6 Å². The van der Waals surface area contributed by atoms with Gasteiger partial charge >= 0.3 is 0 Å². The molecule has 0 aromatic heterocycles. The molecule has 1 rings (SSSR count). The fourth-order valence-electron chi connectivity index (χ4n) is 1.72. The van der Waals surface area contributed by atoms with Crippen LogP contribution in [0.3, 0.4) is 0 Å². The van der Waals surface area contributed by atoms with Gasteiger partial charge in [-0.3, -0.25) is 4.79 Å². The highest BCUT2D eigenvalue weighted by Crippen LogP contribution is 2.27. The van der Waals surface area contributed by atoms with E-state index < -0.39 is 5.54 Å². The molecule has 72 valence electrons. The summed E-state index contributed by atoms with van der Waals surface area (Å²) in [6, 6.07) is 2.23. The largest absolute Gasteiger partial charge is 0.337 e. The predicted octanol–water partition coefficient (Wildman–Crippen LogP) is 1.72. The summed E-state index contributed by atoms with van der Waals surface area (Å²) in [6.45, 7) is 0. The SMILES string of the molecule is N#CC1(NC(=O)CBr)CCCCC1. The van der Waals surface area contributed by atoms with Crippen molar-refractivity contribution < 1.29 is 4.79 Å². The minimum absolute atomic E-state index is 0.0940. The topological polar surface area (TPSA) is 52.9 Å². The number of nitrogens with zero attached hydrogens (tertiary/aromatic N) is 1. The molecule has 1 N–H and O–H groups in total. The first kappa shape index (κ1) is 10.5. The van der Waals surface area contributed by atoms with Gasteiger partial charge < -0.3 is 5.32 Å². The Kier molecular flexibility index (Phi) is 3.73. The zero-order valence-corrected chi connectivity index (χ0v) is 9.06. The second-order valence-corrected chi connectivity index (χ2v) is 4.00. The highest BCUT2D eigenvalue weighted by Gasteiger charge is 2.32. The lowest BCUT2D eigenvalue weighted by atomic mass is 9.83. The van der Waals surface area contributed by atoms with Gasteiger partial charge in [0.05, 0.1) is 11.4 Å². The van der Waals surface area contributed by atoms with Gasteiger partial charge in [-0.15, -0.1) is 0 Å². The molecule has 1 saturated carbocycles. The summed E-state index contributed by atoms with van der Waals surface area (Å²) in [7, 11) is 0. The monoisotopic (exact) mass is 244 g/mol. The lowest BCUT2D eigenvalue weighted by Gasteiger charge is -2.31. The molecule has 13 heavy (non-hydrogen) atoms. The van der Waals surface area contributed by atoms with E-state index in [1.807, 2.05) is 0 Å². The molecule has 3 nitrogen and oxygen atoms in total. The van der Waals surface area contributed by atoms with E-state index in [1.54, 1.807) is 0 Å². The van der Waals surface area contributed by atoms with Crippen molar-refractivity contribution in [1.82, 2.24) is 5.32 Å². The average Bonchev–Trinajstić information content (AvgIpc) is 2.19. The minimum Gasteiger partial charge on any atom is -0.337 e. The molecule has 0 unspecified atom stereocenters. The quantitative estimate of drug-likeness (QED) is 0.753. The second-order valence-electron chi connectivity index (χ2n) is 3.44. The van der Waals surface area contributed by atoms with E-state index in [4.69, 9.17) is 5.26 Å². The van der Waals surface area contributed by atoms with Crippen LogP contribution in [0.25, 0.3) is 0 Å². The summed E-state index contributed by atoms with van der Waals surface area (Å²) in [5.41, 5.74) is -0.580. The third kappa shape index (κ3) is 2.70. The van der Waals surface area contributed by atoms with Crippen LogP contribution in [0, 0.1) is 11.3 Å². The Morgan fingerprint density at radius 2 is 2.08 bits per heavy atom. The van der Waals surface area contributed by atoms with Gasteiger partial charge in [-0.05, 0) is 12.8 Å². The first-order valence-corrected chi connectivity index (χ1v) is 5.63. The molecular weight excluding hydrogens is 232 g/mol. The van der Waals surface area contributed by atoms with Crippen LogP contribution in [0.1, 0.15) is 32.1 Å². The number of carbonyl (C=O) groups is 1. The number of alkyl halides is 1. The first-order valence-electron chi connectivity index (χ1n) is 4.51. The van der Waals surface area contributed by atoms with Crippen LogP contribution in [-0.4, -0.2) is 16.8 Å². The summed E-state index contributed by atoms with van der Waals surface area (Å²) in [5.74, 6) is -0.0940. The number of carbonyl (C=O) groups excluding carboxylic acids is 1. The van der Waals surface area contributed by atoms with E-state index in [-0.39, 0.29) is 11.2 Å². The maximum atomic E-state index is 11.1. The Morgan fingerprint density at radius 1 is 1.46 bits per heavy atom. The van der Waals surface area contributed by atoms with Crippen molar-refractivity contribution in [3.8, 4) is 6.07 Å². The highest BCUT2D eigenvalue weighted by molar-refractivity contribution is 9.09. The van der Waals surface area contributed by atoms with Gasteiger partial charge in [0, 0.05) is 0 Å². The fourth-order valence-corrected chi connectivity index (χ4v) is 1.86. The lowest BCUT2D eigenvalue weighted by Crippen LogP contribution is -2.49. The molecule has 0 bridgehead atoms. The molecule has 0 spiro atoms. The normalized spacial score (nSPS) is 20.3. The molecule has 0 aromatic rings. The molecule has 1 aliphatic rings. The van der Waals surface area contributed by atoms with Crippen molar-refractivity contribution in [2.24, 2.45) is 0 Å². The number of halogens is 1. The number of nitrogens with one attached hydrogen (secondary N) is 1. The zero-order valence-electron chi connectivity index (χ0n) is 7.48. The van der Waals surface area contributed by atoms with Crippen LogP contribution in [-0.2, 0) is 4.79 Å². The fraction of sp³-hybridized carbons (Fsp3) is 0.778. The van der Waals surface area contributed by atoms with E-state index in [0.717, 1.165) is 25.7 Å². The first-order chi connectivity index (χ1) is 6.22. The minimum atomic E-state index is -0.580. The molecule has 0 saturated heterocycles. The van der Waals surface area contributed by atoms with E-state index >= 15 is 0 Å². The molecule has 0 aliphatic heterocycles. The van der Waals surface area contributed by atoms with Crippen molar-refractivity contribution >= 4 is 21.8 Å². The lowest BCUT2D eigenvalue weighted by molar-refractivity contribution is -0.120. The Balaban J connectivity index is 2.59. The van der Waals surface area contributed by atoms with Crippen LogP contribution in [0.5, 0.6) is 0 Å². The molecule has 1 fully saturated rings. The third-order valence-electron chi connectivity index (χ3n) is 2.42. The molecule has 0 radical (unpaired) electrons. The van der Waals surface area contributed by atoms with Gasteiger partial charge in [0.1, 0.15) is 5.54 Å². The van der Waals surface area contributed by atoms with Crippen LogP contribution in [0.15, 0.2) is 0 Å². The molecule has 4 heteroatoms. The van der Waals surface area contributed by atoms with Gasteiger partial charge in [-0.2, -0.15) is 5.26 Å².